The molecule has 0 atom stereocenters. The van der Waals surface area contributed by atoms with Gasteiger partial charge in [0.2, 0.25) is 0 Å². The predicted octanol–water partition coefficient (Wildman–Crippen LogP) is 4.94. The van der Waals surface area contributed by atoms with Gasteiger partial charge >= 0.3 is 5.97 Å². The molecule has 2 aromatic rings. The molecule has 1 aliphatic carbocycles. The van der Waals surface area contributed by atoms with Gasteiger partial charge in [-0.15, -0.1) is 0 Å². The molecular formula is C21H28N2O3. The molecule has 0 unspecified atom stereocenters. The first-order valence-corrected chi connectivity index (χ1v) is 9.72. The molecule has 0 radical (unpaired) electrons. The van der Waals surface area contributed by atoms with Gasteiger partial charge in [0, 0.05) is 17.6 Å². The average molecular weight is 356 g/mol. The molecule has 0 bridgehead atoms. The van der Waals surface area contributed by atoms with Crippen molar-refractivity contribution in [3.05, 3.63) is 30.0 Å². The molecule has 1 aliphatic rings. The van der Waals surface area contributed by atoms with E-state index < -0.39 is 0 Å². The normalized spacial score (nSPS) is 15.5. The standard InChI is InChI=1S/C21H28N2O3/c1-3-25-16-11-12-19-17(13-16)20(18(14-22-19)21(24)26-4-2)23-15-9-7-5-6-8-10-15/h11-15H,3-10H2,1-2H3,(H,22,23). The SMILES string of the molecule is CCOC(=O)c1cnc2ccc(OCC)cc2c1NC1CCCCCC1. The predicted molar refractivity (Wildman–Crippen MR) is 104 cm³/mol. The molecule has 1 N–H and O–H groups in total. The van der Waals surface area contributed by atoms with Gasteiger partial charge in [-0.3, -0.25) is 4.98 Å². The second-order valence-electron chi connectivity index (χ2n) is 6.71. The van der Waals surface area contributed by atoms with Crippen LogP contribution in [-0.2, 0) is 4.74 Å². The summed E-state index contributed by atoms with van der Waals surface area (Å²) in [4.78, 5) is 17.0. The molecule has 0 amide bonds. The summed E-state index contributed by atoms with van der Waals surface area (Å²) >= 11 is 0. The molecule has 0 saturated heterocycles. The van der Waals surface area contributed by atoms with Gasteiger partial charge in [-0.1, -0.05) is 25.7 Å². The van der Waals surface area contributed by atoms with Crippen LogP contribution >= 0.6 is 0 Å². The second kappa shape index (κ2) is 8.88. The lowest BCUT2D eigenvalue weighted by atomic mass is 10.0. The molecule has 5 nitrogen and oxygen atoms in total. The minimum Gasteiger partial charge on any atom is -0.494 e. The Hall–Kier alpha value is -2.30. The maximum Gasteiger partial charge on any atom is 0.341 e. The summed E-state index contributed by atoms with van der Waals surface area (Å²) in [6.07, 6.45) is 8.89. The Kier molecular flexibility index (Phi) is 6.31. The van der Waals surface area contributed by atoms with Crippen LogP contribution in [0.3, 0.4) is 0 Å². The van der Waals surface area contributed by atoms with Crippen molar-refractivity contribution >= 4 is 22.6 Å². The van der Waals surface area contributed by atoms with E-state index in [0.717, 1.165) is 35.2 Å². The Morgan fingerprint density at radius 3 is 2.62 bits per heavy atom. The summed E-state index contributed by atoms with van der Waals surface area (Å²) in [6, 6.07) is 6.19. The van der Waals surface area contributed by atoms with Crippen molar-refractivity contribution in [1.29, 1.82) is 0 Å². The Labute approximate surface area is 155 Å². The second-order valence-corrected chi connectivity index (χ2v) is 6.71. The first-order valence-electron chi connectivity index (χ1n) is 9.72. The van der Waals surface area contributed by atoms with Gasteiger partial charge in [0.05, 0.1) is 24.4 Å². The van der Waals surface area contributed by atoms with Crippen molar-refractivity contribution in [2.75, 3.05) is 18.5 Å². The third kappa shape index (κ3) is 4.26. The molecule has 1 fully saturated rings. The molecule has 1 heterocycles. The van der Waals surface area contributed by atoms with E-state index in [1.807, 2.05) is 32.0 Å². The minimum absolute atomic E-state index is 0.333. The largest absolute Gasteiger partial charge is 0.494 e. The maximum atomic E-state index is 12.5. The number of esters is 1. The number of hydrogen-bond acceptors (Lipinski definition) is 5. The lowest BCUT2D eigenvalue weighted by Crippen LogP contribution is -2.21. The van der Waals surface area contributed by atoms with E-state index in [9.17, 15) is 4.79 Å². The van der Waals surface area contributed by atoms with Gasteiger partial charge in [-0.05, 0) is 44.9 Å². The zero-order valence-electron chi connectivity index (χ0n) is 15.7. The van der Waals surface area contributed by atoms with Crippen LogP contribution in [0.15, 0.2) is 24.4 Å². The minimum atomic E-state index is -0.333. The Morgan fingerprint density at radius 2 is 1.92 bits per heavy atom. The highest BCUT2D eigenvalue weighted by atomic mass is 16.5. The lowest BCUT2D eigenvalue weighted by molar-refractivity contribution is 0.0527. The number of hydrogen-bond donors (Lipinski definition) is 1. The fraction of sp³-hybridized carbons (Fsp3) is 0.524. The fourth-order valence-corrected chi connectivity index (χ4v) is 3.58. The van der Waals surface area contributed by atoms with Crippen LogP contribution in [0, 0.1) is 0 Å². The summed E-state index contributed by atoms with van der Waals surface area (Å²) in [5, 5.41) is 4.55. The van der Waals surface area contributed by atoms with E-state index >= 15 is 0 Å². The molecule has 1 aromatic carbocycles. The number of carbonyl (C=O) groups is 1. The van der Waals surface area contributed by atoms with E-state index in [0.29, 0.717) is 24.8 Å². The van der Waals surface area contributed by atoms with E-state index in [2.05, 4.69) is 10.3 Å². The molecule has 0 aliphatic heterocycles. The van der Waals surface area contributed by atoms with Crippen LogP contribution in [0.5, 0.6) is 5.75 Å². The van der Waals surface area contributed by atoms with Crippen LogP contribution in [-0.4, -0.2) is 30.2 Å². The smallest absolute Gasteiger partial charge is 0.341 e. The third-order valence-corrected chi connectivity index (χ3v) is 4.85. The van der Waals surface area contributed by atoms with Gasteiger partial charge in [0.25, 0.3) is 0 Å². The van der Waals surface area contributed by atoms with Crippen LogP contribution in [0.4, 0.5) is 5.69 Å². The third-order valence-electron chi connectivity index (χ3n) is 4.85. The molecule has 1 aromatic heterocycles. The summed E-state index contributed by atoms with van der Waals surface area (Å²) in [5.74, 6) is 0.451. The molecule has 140 valence electrons. The van der Waals surface area contributed by atoms with Gasteiger partial charge in [0.15, 0.2) is 0 Å². The molecule has 26 heavy (non-hydrogen) atoms. The van der Waals surface area contributed by atoms with Crippen LogP contribution in [0.2, 0.25) is 0 Å². The molecule has 1 saturated carbocycles. The number of carbonyl (C=O) groups excluding carboxylic acids is 1. The van der Waals surface area contributed by atoms with Crippen molar-refractivity contribution < 1.29 is 14.3 Å². The zero-order valence-corrected chi connectivity index (χ0v) is 15.7. The van der Waals surface area contributed by atoms with Crippen LogP contribution < -0.4 is 10.1 Å². The van der Waals surface area contributed by atoms with Crippen molar-refractivity contribution in [1.82, 2.24) is 4.98 Å². The summed E-state index contributed by atoms with van der Waals surface area (Å²) in [7, 11) is 0. The average Bonchev–Trinajstić information content (AvgIpc) is 2.91. The molecule has 3 rings (SSSR count). The van der Waals surface area contributed by atoms with Gasteiger partial charge in [-0.25, -0.2) is 4.79 Å². The number of anilines is 1. The first kappa shape index (κ1) is 18.5. The van der Waals surface area contributed by atoms with Gasteiger partial charge in [-0.2, -0.15) is 0 Å². The quantitative estimate of drug-likeness (QED) is 0.586. The monoisotopic (exact) mass is 356 g/mol. The topological polar surface area (TPSA) is 60.5 Å². The highest BCUT2D eigenvalue weighted by Crippen LogP contribution is 2.32. The molecule has 0 spiro atoms. The zero-order chi connectivity index (χ0) is 18.4. The van der Waals surface area contributed by atoms with Crippen molar-refractivity contribution in [2.24, 2.45) is 0 Å². The van der Waals surface area contributed by atoms with Gasteiger partial charge < -0.3 is 14.8 Å². The summed E-state index contributed by atoms with van der Waals surface area (Å²) in [5.41, 5.74) is 2.16. The summed E-state index contributed by atoms with van der Waals surface area (Å²) in [6.45, 7) is 4.72. The highest BCUT2D eigenvalue weighted by Gasteiger charge is 2.20. The Morgan fingerprint density at radius 1 is 1.15 bits per heavy atom. The number of ether oxygens (including phenoxy) is 2. The number of rotatable bonds is 6. The fourth-order valence-electron chi connectivity index (χ4n) is 3.58. The Balaban J connectivity index is 2.04. The number of fused-ring (bicyclic) bond motifs is 1. The van der Waals surface area contributed by atoms with Crippen LogP contribution in [0.1, 0.15) is 62.7 Å². The lowest BCUT2D eigenvalue weighted by Gasteiger charge is -2.21. The van der Waals surface area contributed by atoms with E-state index in [1.54, 1.807) is 6.20 Å². The van der Waals surface area contributed by atoms with E-state index in [1.165, 1.54) is 25.7 Å². The molecule has 5 heteroatoms. The van der Waals surface area contributed by atoms with Crippen molar-refractivity contribution in [2.45, 2.75) is 58.4 Å². The molecular weight excluding hydrogens is 328 g/mol. The number of pyridine rings is 1. The number of benzene rings is 1. The Bertz CT molecular complexity index is 752. The van der Waals surface area contributed by atoms with Crippen molar-refractivity contribution in [3.63, 3.8) is 0 Å². The van der Waals surface area contributed by atoms with E-state index in [4.69, 9.17) is 9.47 Å². The van der Waals surface area contributed by atoms with Gasteiger partial charge in [0.1, 0.15) is 11.3 Å². The van der Waals surface area contributed by atoms with E-state index in [-0.39, 0.29) is 5.97 Å². The highest BCUT2D eigenvalue weighted by molar-refractivity contribution is 6.05. The number of nitrogens with one attached hydrogen (secondary N) is 1. The number of nitrogens with zero attached hydrogens (tertiary/aromatic N) is 1. The maximum absolute atomic E-state index is 12.5. The summed E-state index contributed by atoms with van der Waals surface area (Å²) < 4.78 is 10.9. The number of aromatic nitrogens is 1. The van der Waals surface area contributed by atoms with Crippen molar-refractivity contribution in [3.8, 4) is 5.75 Å². The van der Waals surface area contributed by atoms with Crippen LogP contribution in [0.25, 0.3) is 10.9 Å². The first-order chi connectivity index (χ1) is 12.7.